The van der Waals surface area contributed by atoms with Crippen LogP contribution in [0.5, 0.6) is 11.5 Å². The average Bonchev–Trinajstić information content (AvgIpc) is 2.50. The van der Waals surface area contributed by atoms with Crippen molar-refractivity contribution in [1.29, 1.82) is 0 Å². The van der Waals surface area contributed by atoms with E-state index in [2.05, 4.69) is 5.16 Å². The number of ether oxygens (including phenoxy) is 2. The van der Waals surface area contributed by atoms with Crippen LogP contribution >= 0.6 is 0 Å². The second-order valence-corrected chi connectivity index (χ2v) is 4.94. The quantitative estimate of drug-likeness (QED) is 0.496. The molecule has 0 aliphatic carbocycles. The van der Waals surface area contributed by atoms with Gasteiger partial charge in [0, 0.05) is 18.7 Å². The van der Waals surface area contributed by atoms with Crippen LogP contribution in [0.3, 0.4) is 0 Å². The van der Waals surface area contributed by atoms with Crippen molar-refractivity contribution in [2.75, 3.05) is 20.8 Å². The van der Waals surface area contributed by atoms with Crippen LogP contribution in [0.4, 0.5) is 0 Å². The number of methoxy groups -OCH3 is 1. The number of oxime groups is 1. The van der Waals surface area contributed by atoms with Gasteiger partial charge in [-0.1, -0.05) is 5.16 Å². The maximum absolute atomic E-state index is 11.9. The Morgan fingerprint density at radius 3 is 2.57 bits per heavy atom. The van der Waals surface area contributed by atoms with Crippen molar-refractivity contribution in [2.45, 2.75) is 26.8 Å². The molecule has 0 aliphatic rings. The predicted molar refractivity (Wildman–Crippen MR) is 80.4 cm³/mol. The Balaban J connectivity index is 2.82. The van der Waals surface area contributed by atoms with Crippen LogP contribution in [0.25, 0.3) is 0 Å². The fourth-order valence-electron chi connectivity index (χ4n) is 1.60. The molecule has 0 radical (unpaired) electrons. The predicted octanol–water partition coefficient (Wildman–Crippen LogP) is 2.14. The van der Waals surface area contributed by atoms with E-state index in [-0.39, 0.29) is 18.6 Å². The molecular weight excluding hydrogens is 272 g/mol. The molecule has 0 saturated heterocycles. The molecular formula is C15H22N2O4. The third kappa shape index (κ3) is 4.37. The highest BCUT2D eigenvalue weighted by Crippen LogP contribution is 2.28. The minimum absolute atomic E-state index is 0.0581. The van der Waals surface area contributed by atoms with Crippen LogP contribution < -0.4 is 9.47 Å². The summed E-state index contributed by atoms with van der Waals surface area (Å²) in [4.78, 5) is 13.5. The lowest BCUT2D eigenvalue weighted by atomic mass is 10.1. The molecule has 0 heterocycles. The molecule has 1 aromatic rings. The first kappa shape index (κ1) is 16.8. The fourth-order valence-corrected chi connectivity index (χ4v) is 1.60. The molecule has 0 fully saturated rings. The van der Waals surface area contributed by atoms with Gasteiger partial charge in [0.05, 0.1) is 12.8 Å². The molecule has 6 nitrogen and oxygen atoms in total. The number of carbonyl (C=O) groups excluding carboxylic acids is 1. The van der Waals surface area contributed by atoms with Crippen molar-refractivity contribution >= 4 is 11.6 Å². The van der Waals surface area contributed by atoms with Crippen LogP contribution in [0, 0.1) is 0 Å². The summed E-state index contributed by atoms with van der Waals surface area (Å²) in [5.74, 6) is 0.845. The molecule has 0 unspecified atom stereocenters. The first-order valence-electron chi connectivity index (χ1n) is 6.66. The summed E-state index contributed by atoms with van der Waals surface area (Å²) in [7, 11) is 3.25. The lowest BCUT2D eigenvalue weighted by Gasteiger charge is -2.21. The fraction of sp³-hybridized carbons (Fsp3) is 0.467. The molecule has 1 aromatic carbocycles. The summed E-state index contributed by atoms with van der Waals surface area (Å²) in [6.07, 6.45) is 0. The Morgan fingerprint density at radius 1 is 1.38 bits per heavy atom. The van der Waals surface area contributed by atoms with Gasteiger partial charge < -0.3 is 19.6 Å². The van der Waals surface area contributed by atoms with Crippen molar-refractivity contribution < 1.29 is 19.5 Å². The third-order valence-corrected chi connectivity index (χ3v) is 3.25. The second kappa shape index (κ2) is 7.52. The molecule has 0 aliphatic heterocycles. The minimum atomic E-state index is -0.107. The first-order valence-corrected chi connectivity index (χ1v) is 6.66. The minimum Gasteiger partial charge on any atom is -0.493 e. The van der Waals surface area contributed by atoms with E-state index in [1.165, 1.54) is 7.11 Å². The van der Waals surface area contributed by atoms with Crippen LogP contribution in [-0.4, -0.2) is 48.5 Å². The Bertz CT molecular complexity index is 526. The third-order valence-electron chi connectivity index (χ3n) is 3.25. The molecule has 1 amide bonds. The van der Waals surface area contributed by atoms with E-state index >= 15 is 0 Å². The van der Waals surface area contributed by atoms with Crippen LogP contribution in [-0.2, 0) is 4.79 Å². The topological polar surface area (TPSA) is 71.4 Å². The van der Waals surface area contributed by atoms with Crippen molar-refractivity contribution in [3.05, 3.63) is 23.8 Å². The van der Waals surface area contributed by atoms with E-state index in [0.717, 1.165) is 0 Å². The van der Waals surface area contributed by atoms with Crippen LogP contribution in [0.1, 0.15) is 26.3 Å². The number of likely N-dealkylation sites (N-methyl/N-ethyl adjacent to an activating group) is 1. The molecule has 6 heteroatoms. The van der Waals surface area contributed by atoms with E-state index in [1.807, 2.05) is 13.8 Å². The molecule has 1 N–H and O–H groups in total. The maximum Gasteiger partial charge on any atom is 0.260 e. The van der Waals surface area contributed by atoms with Gasteiger partial charge in [0.25, 0.3) is 5.91 Å². The summed E-state index contributed by atoms with van der Waals surface area (Å²) in [5, 5.41) is 11.9. The molecule has 21 heavy (non-hydrogen) atoms. The highest BCUT2D eigenvalue weighted by Gasteiger charge is 2.14. The van der Waals surface area contributed by atoms with Gasteiger partial charge in [-0.3, -0.25) is 4.79 Å². The van der Waals surface area contributed by atoms with E-state index in [1.54, 1.807) is 37.1 Å². The highest BCUT2D eigenvalue weighted by molar-refractivity contribution is 5.98. The summed E-state index contributed by atoms with van der Waals surface area (Å²) in [6, 6.07) is 5.24. The number of carbonyl (C=O) groups is 1. The van der Waals surface area contributed by atoms with Crippen molar-refractivity contribution in [1.82, 2.24) is 4.90 Å². The molecule has 0 spiro atoms. The first-order chi connectivity index (χ1) is 9.90. The molecule has 0 saturated carbocycles. The Morgan fingerprint density at radius 2 is 2.05 bits per heavy atom. The average molecular weight is 294 g/mol. The van der Waals surface area contributed by atoms with Gasteiger partial charge in [-0.25, -0.2) is 0 Å². The zero-order valence-electron chi connectivity index (χ0n) is 13.1. The van der Waals surface area contributed by atoms with Gasteiger partial charge in [0.2, 0.25) is 0 Å². The van der Waals surface area contributed by atoms with Crippen molar-refractivity contribution in [3.8, 4) is 11.5 Å². The summed E-state index contributed by atoms with van der Waals surface area (Å²) in [6.45, 7) is 5.49. The lowest BCUT2D eigenvalue weighted by Crippen LogP contribution is -2.36. The Labute approximate surface area is 125 Å². The van der Waals surface area contributed by atoms with Gasteiger partial charge in [-0.2, -0.15) is 0 Å². The second-order valence-electron chi connectivity index (χ2n) is 4.94. The SMILES string of the molecule is COc1cc(/C(C)=N/O)ccc1OCC(=O)N(C)C(C)C. The number of amides is 1. The molecule has 1 rings (SSSR count). The Hall–Kier alpha value is -2.24. The number of rotatable bonds is 6. The number of benzene rings is 1. The lowest BCUT2D eigenvalue weighted by molar-refractivity contribution is -0.133. The molecule has 116 valence electrons. The number of hydrogen-bond donors (Lipinski definition) is 1. The van der Waals surface area contributed by atoms with Crippen LogP contribution in [0.2, 0.25) is 0 Å². The van der Waals surface area contributed by atoms with Crippen molar-refractivity contribution in [2.24, 2.45) is 5.16 Å². The monoisotopic (exact) mass is 294 g/mol. The number of hydrogen-bond acceptors (Lipinski definition) is 5. The highest BCUT2D eigenvalue weighted by atomic mass is 16.5. The van der Waals surface area contributed by atoms with E-state index < -0.39 is 0 Å². The van der Waals surface area contributed by atoms with E-state index in [9.17, 15) is 4.79 Å². The van der Waals surface area contributed by atoms with E-state index in [4.69, 9.17) is 14.7 Å². The van der Waals surface area contributed by atoms with Gasteiger partial charge in [0.1, 0.15) is 0 Å². The number of nitrogens with zero attached hydrogens (tertiary/aromatic N) is 2. The summed E-state index contributed by atoms with van der Waals surface area (Å²) >= 11 is 0. The zero-order chi connectivity index (χ0) is 16.0. The normalized spacial score (nSPS) is 11.4. The van der Waals surface area contributed by atoms with E-state index in [0.29, 0.717) is 22.8 Å². The summed E-state index contributed by atoms with van der Waals surface area (Å²) in [5.41, 5.74) is 1.18. The zero-order valence-corrected chi connectivity index (χ0v) is 13.1. The van der Waals surface area contributed by atoms with Crippen LogP contribution in [0.15, 0.2) is 23.4 Å². The maximum atomic E-state index is 11.9. The largest absolute Gasteiger partial charge is 0.493 e. The Kier molecular flexibility index (Phi) is 6.02. The van der Waals surface area contributed by atoms with Gasteiger partial charge in [0.15, 0.2) is 18.1 Å². The van der Waals surface area contributed by atoms with Crippen molar-refractivity contribution in [3.63, 3.8) is 0 Å². The van der Waals surface area contributed by atoms with Gasteiger partial charge in [-0.05, 0) is 39.0 Å². The van der Waals surface area contributed by atoms with Gasteiger partial charge in [-0.15, -0.1) is 0 Å². The molecule has 0 atom stereocenters. The standard InChI is InChI=1S/C15H22N2O4/c1-10(2)17(4)15(18)9-21-13-7-6-12(11(3)16-19)8-14(13)20-5/h6-8,10,19H,9H2,1-5H3/b16-11+. The summed E-state index contributed by atoms with van der Waals surface area (Å²) < 4.78 is 10.7. The molecule has 0 aromatic heterocycles. The smallest absolute Gasteiger partial charge is 0.260 e. The van der Waals surface area contributed by atoms with Gasteiger partial charge >= 0.3 is 0 Å². The molecule has 0 bridgehead atoms.